The van der Waals surface area contributed by atoms with Crippen LogP contribution in [-0.4, -0.2) is 39.3 Å². The van der Waals surface area contributed by atoms with Gasteiger partial charge in [-0.1, -0.05) is 17.7 Å². The van der Waals surface area contributed by atoms with Crippen LogP contribution in [0.2, 0.25) is 5.02 Å². The second-order valence-electron chi connectivity index (χ2n) is 5.98. The zero-order valence-corrected chi connectivity index (χ0v) is 16.5. The summed E-state index contributed by atoms with van der Waals surface area (Å²) < 4.78 is 16.1. The smallest absolute Gasteiger partial charge is 0.226 e. The second-order valence-corrected chi connectivity index (χ2v) is 6.42. The van der Waals surface area contributed by atoms with Crippen LogP contribution in [0.4, 0.5) is 5.69 Å². The summed E-state index contributed by atoms with van der Waals surface area (Å²) in [4.78, 5) is 12.3. The molecule has 2 aromatic rings. The van der Waals surface area contributed by atoms with Crippen LogP contribution < -0.4 is 24.8 Å². The Labute approximate surface area is 164 Å². The van der Waals surface area contributed by atoms with Crippen LogP contribution in [0, 0.1) is 0 Å². The van der Waals surface area contributed by atoms with Crippen LogP contribution in [0.5, 0.6) is 17.2 Å². The monoisotopic (exact) mass is 392 g/mol. The Morgan fingerprint density at radius 2 is 1.93 bits per heavy atom. The summed E-state index contributed by atoms with van der Waals surface area (Å²) in [6.45, 7) is 3.05. The fraction of sp³-hybridized carbons (Fsp3) is 0.350. The molecule has 1 unspecified atom stereocenters. The van der Waals surface area contributed by atoms with Crippen LogP contribution >= 0.6 is 11.6 Å². The number of ether oxygens (including phenoxy) is 3. The highest BCUT2D eigenvalue weighted by Gasteiger charge is 2.12. The molecule has 6 nitrogen and oxygen atoms in total. The number of methoxy groups -OCH3 is 2. The van der Waals surface area contributed by atoms with Crippen molar-refractivity contribution in [1.29, 1.82) is 0 Å². The molecule has 1 amide bonds. The van der Waals surface area contributed by atoms with Gasteiger partial charge in [-0.3, -0.25) is 4.79 Å². The largest absolute Gasteiger partial charge is 0.497 e. The highest BCUT2D eigenvalue weighted by Crippen LogP contribution is 2.29. The topological polar surface area (TPSA) is 68.8 Å². The van der Waals surface area contributed by atoms with Gasteiger partial charge in [0.25, 0.3) is 0 Å². The average Bonchev–Trinajstić information content (AvgIpc) is 2.65. The van der Waals surface area contributed by atoms with Crippen molar-refractivity contribution in [2.75, 3.05) is 32.7 Å². The third-order valence-electron chi connectivity index (χ3n) is 3.83. The molecular formula is C20H25ClN2O4. The molecule has 7 heteroatoms. The minimum Gasteiger partial charge on any atom is -0.497 e. The lowest BCUT2D eigenvalue weighted by Crippen LogP contribution is -2.33. The summed E-state index contributed by atoms with van der Waals surface area (Å²) in [5.41, 5.74) is 0.611. The minimum atomic E-state index is -0.103. The van der Waals surface area contributed by atoms with E-state index >= 15 is 0 Å². The van der Waals surface area contributed by atoms with Gasteiger partial charge in [-0.25, -0.2) is 0 Å². The molecule has 0 spiro atoms. The Morgan fingerprint density at radius 3 is 2.63 bits per heavy atom. The van der Waals surface area contributed by atoms with E-state index < -0.39 is 0 Å². The molecule has 0 aliphatic heterocycles. The first-order valence-electron chi connectivity index (χ1n) is 8.65. The molecule has 1 atom stereocenters. The fourth-order valence-corrected chi connectivity index (χ4v) is 2.66. The third-order valence-corrected chi connectivity index (χ3v) is 4.07. The maximum atomic E-state index is 12.3. The van der Waals surface area contributed by atoms with E-state index in [1.807, 2.05) is 19.1 Å². The first kappa shape index (κ1) is 20.9. The van der Waals surface area contributed by atoms with Gasteiger partial charge in [-0.2, -0.15) is 0 Å². The number of halogens is 1. The van der Waals surface area contributed by atoms with E-state index in [4.69, 9.17) is 25.8 Å². The molecule has 2 N–H and O–H groups in total. The van der Waals surface area contributed by atoms with Crippen LogP contribution in [0.25, 0.3) is 0 Å². The molecule has 0 aliphatic rings. The second kappa shape index (κ2) is 10.6. The van der Waals surface area contributed by atoms with Crippen LogP contribution in [0.3, 0.4) is 0 Å². The number of rotatable bonds is 10. The highest BCUT2D eigenvalue weighted by atomic mass is 35.5. The molecule has 2 aromatic carbocycles. The number of carbonyl (C=O) groups excluding carboxylic acids is 1. The van der Waals surface area contributed by atoms with E-state index in [-0.39, 0.29) is 11.9 Å². The minimum absolute atomic E-state index is 0.00259. The summed E-state index contributed by atoms with van der Waals surface area (Å²) in [5, 5.41) is 6.76. The number of anilines is 1. The van der Waals surface area contributed by atoms with Crippen molar-refractivity contribution in [3.05, 3.63) is 47.5 Å². The van der Waals surface area contributed by atoms with E-state index in [9.17, 15) is 4.79 Å². The summed E-state index contributed by atoms with van der Waals surface area (Å²) in [5.74, 6) is 1.84. The van der Waals surface area contributed by atoms with Crippen LogP contribution in [0.1, 0.15) is 13.3 Å². The van der Waals surface area contributed by atoms with Crippen LogP contribution in [0.15, 0.2) is 42.5 Å². The molecule has 27 heavy (non-hydrogen) atoms. The van der Waals surface area contributed by atoms with Gasteiger partial charge in [0.05, 0.1) is 19.9 Å². The molecule has 0 aliphatic carbocycles. The van der Waals surface area contributed by atoms with Gasteiger partial charge in [-0.05, 0) is 37.3 Å². The molecule has 0 heterocycles. The third kappa shape index (κ3) is 7.00. The predicted molar refractivity (Wildman–Crippen MR) is 107 cm³/mol. The standard InChI is InChI=1S/C20H25ClN2O4/c1-14(22-9-10-27-17-6-4-5-15(21)12-17)11-20(24)23-18-8-7-16(25-2)13-19(18)26-3/h4-8,12-14,22H,9-11H2,1-3H3,(H,23,24). The molecule has 0 saturated heterocycles. The van der Waals surface area contributed by atoms with E-state index in [2.05, 4.69) is 10.6 Å². The normalized spacial score (nSPS) is 11.6. The number of nitrogens with one attached hydrogen (secondary N) is 2. The fourth-order valence-electron chi connectivity index (χ4n) is 2.48. The zero-order chi connectivity index (χ0) is 19.6. The quantitative estimate of drug-likeness (QED) is 0.603. The highest BCUT2D eigenvalue weighted by molar-refractivity contribution is 6.30. The van der Waals surface area contributed by atoms with E-state index in [0.717, 1.165) is 5.75 Å². The summed E-state index contributed by atoms with van der Waals surface area (Å²) in [7, 11) is 3.13. The number of carbonyl (C=O) groups is 1. The number of hydrogen-bond donors (Lipinski definition) is 2. The van der Waals surface area contributed by atoms with Crippen molar-refractivity contribution in [1.82, 2.24) is 5.32 Å². The van der Waals surface area contributed by atoms with Crippen molar-refractivity contribution in [3.63, 3.8) is 0 Å². The molecular weight excluding hydrogens is 368 g/mol. The Kier molecular flexibility index (Phi) is 8.23. The Morgan fingerprint density at radius 1 is 1.11 bits per heavy atom. The van der Waals surface area contributed by atoms with E-state index in [1.54, 1.807) is 44.6 Å². The van der Waals surface area contributed by atoms with E-state index in [0.29, 0.717) is 41.8 Å². The number of amides is 1. The van der Waals surface area contributed by atoms with Gasteiger partial charge in [-0.15, -0.1) is 0 Å². The van der Waals surface area contributed by atoms with Gasteiger partial charge >= 0.3 is 0 Å². The van der Waals surface area contributed by atoms with Gasteiger partial charge in [0.1, 0.15) is 23.9 Å². The van der Waals surface area contributed by atoms with Crippen molar-refractivity contribution in [3.8, 4) is 17.2 Å². The lowest BCUT2D eigenvalue weighted by Gasteiger charge is -2.15. The zero-order valence-electron chi connectivity index (χ0n) is 15.8. The summed E-state index contributed by atoms with van der Waals surface area (Å²) in [6, 6.07) is 12.5. The van der Waals surface area contributed by atoms with Crippen molar-refractivity contribution in [2.24, 2.45) is 0 Å². The maximum absolute atomic E-state index is 12.3. The summed E-state index contributed by atoms with van der Waals surface area (Å²) in [6.07, 6.45) is 0.326. The van der Waals surface area contributed by atoms with Crippen LogP contribution in [-0.2, 0) is 4.79 Å². The van der Waals surface area contributed by atoms with Gasteiger partial charge in [0, 0.05) is 30.1 Å². The lowest BCUT2D eigenvalue weighted by atomic mass is 10.2. The van der Waals surface area contributed by atoms with Crippen molar-refractivity contribution >= 4 is 23.2 Å². The number of benzene rings is 2. The predicted octanol–water partition coefficient (Wildman–Crippen LogP) is 3.74. The average molecular weight is 393 g/mol. The molecule has 0 fully saturated rings. The van der Waals surface area contributed by atoms with Gasteiger partial charge < -0.3 is 24.8 Å². The molecule has 2 rings (SSSR count). The molecule has 0 aromatic heterocycles. The molecule has 146 valence electrons. The van der Waals surface area contributed by atoms with Gasteiger partial charge in [0.15, 0.2) is 0 Å². The molecule has 0 saturated carbocycles. The maximum Gasteiger partial charge on any atom is 0.226 e. The Bertz CT molecular complexity index is 755. The lowest BCUT2D eigenvalue weighted by molar-refractivity contribution is -0.116. The Balaban J connectivity index is 1.73. The van der Waals surface area contributed by atoms with Gasteiger partial charge in [0.2, 0.25) is 5.91 Å². The SMILES string of the molecule is COc1ccc(NC(=O)CC(C)NCCOc2cccc(Cl)c2)c(OC)c1. The number of hydrogen-bond acceptors (Lipinski definition) is 5. The first-order chi connectivity index (χ1) is 13.0. The Hall–Kier alpha value is -2.44. The first-order valence-corrected chi connectivity index (χ1v) is 9.03. The summed E-state index contributed by atoms with van der Waals surface area (Å²) >= 11 is 5.91. The molecule has 0 radical (unpaired) electrons. The molecule has 0 bridgehead atoms. The van der Waals surface area contributed by atoms with E-state index in [1.165, 1.54) is 0 Å². The van der Waals surface area contributed by atoms with Crippen molar-refractivity contribution < 1.29 is 19.0 Å². The van der Waals surface area contributed by atoms with Crippen molar-refractivity contribution in [2.45, 2.75) is 19.4 Å².